The monoisotopic (exact) mass is 339 g/mol. The molecule has 2 aliphatic carbocycles. The summed E-state index contributed by atoms with van der Waals surface area (Å²) >= 11 is 0. The third kappa shape index (κ3) is 2.69. The van der Waals surface area contributed by atoms with E-state index < -0.39 is 0 Å². The molecule has 0 radical (unpaired) electrons. The number of nitrogens with zero attached hydrogens (tertiary/aromatic N) is 1. The van der Waals surface area contributed by atoms with E-state index in [4.69, 9.17) is 0 Å². The molecule has 3 aliphatic rings. The van der Waals surface area contributed by atoms with E-state index >= 15 is 0 Å². The fourth-order valence-electron chi connectivity index (χ4n) is 6.30. The van der Waals surface area contributed by atoms with E-state index in [0.717, 1.165) is 12.0 Å². The minimum Gasteiger partial charge on any atom is -0.295 e. The quantitative estimate of drug-likeness (QED) is 0.574. The van der Waals surface area contributed by atoms with Crippen LogP contribution in [0.25, 0.3) is 0 Å². The number of piperidine rings is 1. The Kier molecular flexibility index (Phi) is 3.93. The van der Waals surface area contributed by atoms with Crippen LogP contribution < -0.4 is 0 Å². The molecule has 25 heavy (non-hydrogen) atoms. The molecule has 1 aromatic carbocycles. The summed E-state index contributed by atoms with van der Waals surface area (Å²) < 4.78 is 0. The van der Waals surface area contributed by atoms with Gasteiger partial charge in [0.15, 0.2) is 0 Å². The van der Waals surface area contributed by atoms with Crippen LogP contribution in [0, 0.1) is 5.92 Å². The summed E-state index contributed by atoms with van der Waals surface area (Å²) in [7, 11) is 0. The van der Waals surface area contributed by atoms with Crippen LogP contribution in [-0.2, 0) is 17.3 Å². The Hall–Kier alpha value is -0.820. The molecule has 1 aromatic rings. The fraction of sp³-hybridized carbons (Fsp3) is 0.750. The summed E-state index contributed by atoms with van der Waals surface area (Å²) in [6.07, 6.45) is 8.37. The first-order valence-corrected chi connectivity index (χ1v) is 10.5. The predicted molar refractivity (Wildman–Crippen MR) is 107 cm³/mol. The standard InChI is InChI=1S/C24H37N/c1-22(2,3)18-11-10-17-15-21-19-9-7-8-12-24(19,20(17)16-18)13-14-25(21)23(4,5)6/h10-11,16,19,21H,7-9,12-15H2,1-6H3/t19?,21-,24?/m0/s1. The maximum Gasteiger partial charge on any atom is 0.0178 e. The minimum absolute atomic E-state index is 0.249. The van der Waals surface area contributed by atoms with Gasteiger partial charge in [-0.25, -0.2) is 0 Å². The van der Waals surface area contributed by atoms with Gasteiger partial charge in [-0.15, -0.1) is 0 Å². The van der Waals surface area contributed by atoms with E-state index in [1.165, 1.54) is 50.6 Å². The predicted octanol–water partition coefficient (Wildman–Crippen LogP) is 5.84. The zero-order valence-corrected chi connectivity index (χ0v) is 17.3. The molecule has 4 rings (SSSR count). The van der Waals surface area contributed by atoms with E-state index in [1.54, 1.807) is 11.1 Å². The van der Waals surface area contributed by atoms with Crippen LogP contribution in [0.5, 0.6) is 0 Å². The summed E-state index contributed by atoms with van der Waals surface area (Å²) in [5.74, 6) is 0.872. The Morgan fingerprint density at radius 3 is 2.44 bits per heavy atom. The van der Waals surface area contributed by atoms with Crippen molar-refractivity contribution in [1.29, 1.82) is 0 Å². The molecule has 2 bridgehead atoms. The first-order valence-electron chi connectivity index (χ1n) is 10.5. The lowest BCUT2D eigenvalue weighted by Crippen LogP contribution is -2.64. The largest absolute Gasteiger partial charge is 0.295 e. The Balaban J connectivity index is 1.84. The lowest BCUT2D eigenvalue weighted by Gasteiger charge is -2.61. The van der Waals surface area contributed by atoms with Gasteiger partial charge in [0, 0.05) is 17.0 Å². The van der Waals surface area contributed by atoms with Gasteiger partial charge in [-0.3, -0.25) is 4.90 Å². The van der Waals surface area contributed by atoms with E-state index in [9.17, 15) is 0 Å². The van der Waals surface area contributed by atoms with Crippen molar-refractivity contribution in [3.05, 3.63) is 34.9 Å². The van der Waals surface area contributed by atoms with Crippen LogP contribution in [-0.4, -0.2) is 23.0 Å². The summed E-state index contributed by atoms with van der Waals surface area (Å²) in [6.45, 7) is 15.6. The van der Waals surface area contributed by atoms with Crippen molar-refractivity contribution in [2.75, 3.05) is 6.54 Å². The maximum atomic E-state index is 2.85. The average molecular weight is 340 g/mol. The summed E-state index contributed by atoms with van der Waals surface area (Å²) in [5, 5.41) is 0. The fourth-order valence-corrected chi connectivity index (χ4v) is 6.30. The topological polar surface area (TPSA) is 3.24 Å². The van der Waals surface area contributed by atoms with Crippen LogP contribution in [0.15, 0.2) is 18.2 Å². The molecule has 0 spiro atoms. The molecular formula is C24H37N. The maximum absolute atomic E-state index is 2.85. The molecule has 0 N–H and O–H groups in total. The van der Waals surface area contributed by atoms with Gasteiger partial charge in [0.2, 0.25) is 0 Å². The zero-order chi connectivity index (χ0) is 18.0. The SMILES string of the molecule is CC(C)(C)c1ccc2c(c1)C13CCCCC1[C@H](C2)N(C(C)(C)C)CC3. The normalized spacial score (nSPS) is 32.9. The van der Waals surface area contributed by atoms with Crippen molar-refractivity contribution in [3.63, 3.8) is 0 Å². The molecule has 0 aromatic heterocycles. The third-order valence-corrected chi connectivity index (χ3v) is 7.56. The molecule has 2 fully saturated rings. The van der Waals surface area contributed by atoms with Crippen LogP contribution in [0.1, 0.15) is 90.3 Å². The van der Waals surface area contributed by atoms with Gasteiger partial charge >= 0.3 is 0 Å². The van der Waals surface area contributed by atoms with Crippen LogP contribution >= 0.6 is 0 Å². The van der Waals surface area contributed by atoms with E-state index in [2.05, 4.69) is 64.6 Å². The highest BCUT2D eigenvalue weighted by atomic mass is 15.2. The molecule has 1 aliphatic heterocycles. The van der Waals surface area contributed by atoms with Gasteiger partial charge in [0.25, 0.3) is 0 Å². The van der Waals surface area contributed by atoms with Crippen LogP contribution in [0.2, 0.25) is 0 Å². The number of rotatable bonds is 0. The third-order valence-electron chi connectivity index (χ3n) is 7.56. The zero-order valence-electron chi connectivity index (χ0n) is 17.3. The number of hydrogen-bond acceptors (Lipinski definition) is 1. The van der Waals surface area contributed by atoms with Gasteiger partial charge < -0.3 is 0 Å². The van der Waals surface area contributed by atoms with Gasteiger partial charge in [0.1, 0.15) is 0 Å². The van der Waals surface area contributed by atoms with E-state index in [-0.39, 0.29) is 11.0 Å². The number of fused-ring (bicyclic) bond motifs is 1. The Morgan fingerprint density at radius 2 is 1.76 bits per heavy atom. The minimum atomic E-state index is 0.249. The summed E-state index contributed by atoms with van der Waals surface area (Å²) in [4.78, 5) is 2.85. The highest BCUT2D eigenvalue weighted by Crippen LogP contribution is 2.57. The average Bonchev–Trinajstić information content (AvgIpc) is 2.52. The molecule has 138 valence electrons. The van der Waals surface area contributed by atoms with Crippen molar-refractivity contribution in [1.82, 2.24) is 4.90 Å². The first-order chi connectivity index (χ1) is 11.6. The number of hydrogen-bond donors (Lipinski definition) is 0. The molecule has 1 heteroatoms. The first kappa shape index (κ1) is 17.6. The molecule has 3 atom stereocenters. The van der Waals surface area contributed by atoms with Crippen LogP contribution in [0.4, 0.5) is 0 Å². The molecule has 1 saturated carbocycles. The lowest BCUT2D eigenvalue weighted by atomic mass is 9.51. The molecule has 1 nitrogen and oxygen atoms in total. The Morgan fingerprint density at radius 1 is 1.00 bits per heavy atom. The summed E-state index contributed by atoms with van der Waals surface area (Å²) in [5.41, 5.74) is 5.94. The molecule has 1 heterocycles. The van der Waals surface area contributed by atoms with Gasteiger partial charge in [0.05, 0.1) is 0 Å². The highest BCUT2D eigenvalue weighted by Gasteiger charge is 2.55. The van der Waals surface area contributed by atoms with Gasteiger partial charge in [-0.2, -0.15) is 0 Å². The highest BCUT2D eigenvalue weighted by molar-refractivity contribution is 5.45. The van der Waals surface area contributed by atoms with Crippen molar-refractivity contribution >= 4 is 0 Å². The molecular weight excluding hydrogens is 302 g/mol. The van der Waals surface area contributed by atoms with Crippen LogP contribution in [0.3, 0.4) is 0 Å². The van der Waals surface area contributed by atoms with E-state index in [1.807, 2.05) is 0 Å². The second-order valence-electron chi connectivity index (χ2n) is 11.0. The molecule has 0 amide bonds. The smallest absolute Gasteiger partial charge is 0.0178 e. The molecule has 1 saturated heterocycles. The second-order valence-corrected chi connectivity index (χ2v) is 11.0. The Bertz CT molecular complexity index is 660. The summed E-state index contributed by atoms with van der Waals surface area (Å²) in [6, 6.07) is 8.27. The lowest BCUT2D eigenvalue weighted by molar-refractivity contribution is -0.0542. The number of benzene rings is 1. The van der Waals surface area contributed by atoms with Crippen molar-refractivity contribution in [3.8, 4) is 0 Å². The number of likely N-dealkylation sites (tertiary alicyclic amines) is 1. The van der Waals surface area contributed by atoms with Gasteiger partial charge in [-0.05, 0) is 81.0 Å². The Labute approximate surface area is 155 Å². The van der Waals surface area contributed by atoms with E-state index in [0.29, 0.717) is 5.41 Å². The van der Waals surface area contributed by atoms with Crippen molar-refractivity contribution < 1.29 is 0 Å². The van der Waals surface area contributed by atoms with Crippen molar-refractivity contribution in [2.24, 2.45) is 5.92 Å². The van der Waals surface area contributed by atoms with Crippen molar-refractivity contribution in [2.45, 2.75) is 102 Å². The van der Waals surface area contributed by atoms with Gasteiger partial charge in [-0.1, -0.05) is 51.8 Å². The molecule has 2 unspecified atom stereocenters. The second kappa shape index (κ2) is 5.59.